The van der Waals surface area contributed by atoms with Crippen molar-refractivity contribution in [1.82, 2.24) is 0 Å². The molecule has 16 heavy (non-hydrogen) atoms. The number of phenols is 1. The zero-order valence-electron chi connectivity index (χ0n) is 9.23. The Hall–Kier alpha value is -2.04. The molecular formula is C11H12O5. The molecule has 0 saturated carbocycles. The lowest BCUT2D eigenvalue weighted by Gasteiger charge is -2.10. The van der Waals surface area contributed by atoms with Gasteiger partial charge in [-0.15, -0.1) is 0 Å². The summed E-state index contributed by atoms with van der Waals surface area (Å²) in [4.78, 5) is 22.1. The molecule has 0 aliphatic carbocycles. The molecule has 0 aliphatic rings. The number of aromatic hydroxyl groups is 1. The third kappa shape index (κ3) is 2.50. The number of ether oxygens (including phenoxy) is 2. The lowest BCUT2D eigenvalue weighted by Crippen LogP contribution is -2.06. The number of carbonyl (C=O) groups is 2. The molecule has 0 atom stereocenters. The summed E-state index contributed by atoms with van der Waals surface area (Å²) in [6, 6.07) is 2.65. The van der Waals surface area contributed by atoms with Crippen molar-refractivity contribution in [3.05, 3.63) is 17.7 Å². The van der Waals surface area contributed by atoms with Crippen LogP contribution in [0.15, 0.2) is 12.1 Å². The molecule has 0 saturated heterocycles. The monoisotopic (exact) mass is 224 g/mol. The quantitative estimate of drug-likeness (QED) is 0.479. The first-order valence-corrected chi connectivity index (χ1v) is 4.56. The van der Waals surface area contributed by atoms with E-state index >= 15 is 0 Å². The fourth-order valence-corrected chi connectivity index (χ4v) is 1.28. The van der Waals surface area contributed by atoms with Crippen LogP contribution in [0.1, 0.15) is 24.2 Å². The summed E-state index contributed by atoms with van der Waals surface area (Å²) < 4.78 is 9.72. The third-order valence-corrected chi connectivity index (χ3v) is 1.90. The number of rotatable bonds is 3. The predicted octanol–water partition coefficient (Wildman–Crippen LogP) is 1.53. The highest BCUT2D eigenvalue weighted by Gasteiger charge is 2.17. The molecule has 0 unspecified atom stereocenters. The highest BCUT2D eigenvalue weighted by Crippen LogP contribution is 2.33. The lowest BCUT2D eigenvalue weighted by molar-refractivity contribution is -0.131. The van der Waals surface area contributed by atoms with Gasteiger partial charge >= 0.3 is 5.97 Å². The van der Waals surface area contributed by atoms with Crippen molar-refractivity contribution >= 4 is 11.8 Å². The van der Waals surface area contributed by atoms with Crippen LogP contribution in [0.2, 0.25) is 0 Å². The predicted molar refractivity (Wildman–Crippen MR) is 56.0 cm³/mol. The van der Waals surface area contributed by atoms with Crippen LogP contribution in [-0.4, -0.2) is 24.0 Å². The van der Waals surface area contributed by atoms with Gasteiger partial charge in [-0.2, -0.15) is 0 Å². The van der Waals surface area contributed by atoms with E-state index in [1.54, 1.807) is 0 Å². The molecule has 0 radical (unpaired) electrons. The van der Waals surface area contributed by atoms with E-state index in [0.717, 1.165) is 0 Å². The van der Waals surface area contributed by atoms with Crippen LogP contribution in [0.5, 0.6) is 17.2 Å². The summed E-state index contributed by atoms with van der Waals surface area (Å²) in [5.41, 5.74) is -0.0315. The number of ketones is 1. The van der Waals surface area contributed by atoms with Crippen LogP contribution in [0.4, 0.5) is 0 Å². The molecule has 1 aromatic rings. The average Bonchev–Trinajstić information content (AvgIpc) is 2.14. The van der Waals surface area contributed by atoms with Crippen LogP contribution >= 0.6 is 0 Å². The molecule has 1 aromatic carbocycles. The van der Waals surface area contributed by atoms with Crippen molar-refractivity contribution in [3.63, 3.8) is 0 Å². The minimum absolute atomic E-state index is 0.00292. The maximum absolute atomic E-state index is 11.3. The number of Topliss-reactive ketones (excluding diaryl/α,β-unsaturated/α-hetero) is 1. The van der Waals surface area contributed by atoms with Crippen LogP contribution in [0.3, 0.4) is 0 Å². The second-order valence-electron chi connectivity index (χ2n) is 3.17. The van der Waals surface area contributed by atoms with Crippen LogP contribution in [-0.2, 0) is 4.79 Å². The van der Waals surface area contributed by atoms with E-state index in [1.807, 2.05) is 0 Å². The Bertz CT molecular complexity index is 436. The summed E-state index contributed by atoms with van der Waals surface area (Å²) in [5, 5.41) is 9.59. The average molecular weight is 224 g/mol. The molecule has 0 amide bonds. The van der Waals surface area contributed by atoms with E-state index in [9.17, 15) is 14.7 Å². The van der Waals surface area contributed by atoms with Gasteiger partial charge in [0, 0.05) is 19.1 Å². The second-order valence-corrected chi connectivity index (χ2v) is 3.17. The highest BCUT2D eigenvalue weighted by atomic mass is 16.5. The van der Waals surface area contributed by atoms with Gasteiger partial charge in [-0.25, -0.2) is 0 Å². The molecule has 0 spiro atoms. The third-order valence-electron chi connectivity index (χ3n) is 1.90. The summed E-state index contributed by atoms with van der Waals surface area (Å²) in [6.45, 7) is 2.48. The van der Waals surface area contributed by atoms with Crippen molar-refractivity contribution in [2.45, 2.75) is 13.8 Å². The van der Waals surface area contributed by atoms with Gasteiger partial charge in [0.05, 0.1) is 7.11 Å². The maximum atomic E-state index is 11.3. The van der Waals surface area contributed by atoms with E-state index in [1.165, 1.54) is 33.1 Å². The first kappa shape index (κ1) is 12.0. The molecule has 0 fully saturated rings. The largest absolute Gasteiger partial charge is 0.507 e. The maximum Gasteiger partial charge on any atom is 0.308 e. The zero-order chi connectivity index (χ0) is 12.3. The SMILES string of the molecule is COc1cc(O)c(C(C)=O)c(OC(C)=O)c1. The van der Waals surface area contributed by atoms with E-state index in [0.29, 0.717) is 5.75 Å². The Labute approximate surface area is 92.6 Å². The summed E-state index contributed by atoms with van der Waals surface area (Å²) in [6.07, 6.45) is 0. The molecule has 0 aliphatic heterocycles. The fraction of sp³-hybridized carbons (Fsp3) is 0.273. The van der Waals surface area contributed by atoms with E-state index in [2.05, 4.69) is 0 Å². The molecule has 1 N–H and O–H groups in total. The van der Waals surface area contributed by atoms with Gasteiger partial charge < -0.3 is 14.6 Å². The van der Waals surface area contributed by atoms with E-state index in [4.69, 9.17) is 9.47 Å². The first-order valence-electron chi connectivity index (χ1n) is 4.56. The number of hydrogen-bond acceptors (Lipinski definition) is 5. The number of benzene rings is 1. The number of phenolic OH excluding ortho intramolecular Hbond substituents is 1. The molecular weight excluding hydrogens is 212 g/mol. The number of hydrogen-bond donors (Lipinski definition) is 1. The minimum atomic E-state index is -0.574. The molecule has 5 heteroatoms. The number of carbonyl (C=O) groups excluding carboxylic acids is 2. The number of esters is 1. The molecule has 0 aromatic heterocycles. The van der Waals surface area contributed by atoms with Crippen molar-refractivity contribution in [2.75, 3.05) is 7.11 Å². The summed E-state index contributed by atoms with van der Waals surface area (Å²) in [7, 11) is 1.40. The Morgan fingerprint density at radius 1 is 1.25 bits per heavy atom. The summed E-state index contributed by atoms with van der Waals surface area (Å²) in [5.74, 6) is -0.940. The van der Waals surface area contributed by atoms with Gasteiger partial charge in [-0.1, -0.05) is 0 Å². The van der Waals surface area contributed by atoms with E-state index < -0.39 is 11.8 Å². The Morgan fingerprint density at radius 2 is 1.88 bits per heavy atom. The van der Waals surface area contributed by atoms with Crippen molar-refractivity contribution in [3.8, 4) is 17.2 Å². The molecule has 86 valence electrons. The zero-order valence-corrected chi connectivity index (χ0v) is 9.23. The van der Waals surface area contributed by atoms with Gasteiger partial charge in [0.15, 0.2) is 5.78 Å². The van der Waals surface area contributed by atoms with Gasteiger partial charge in [0.2, 0.25) is 0 Å². The molecule has 0 bridgehead atoms. The van der Waals surface area contributed by atoms with Gasteiger partial charge in [0.25, 0.3) is 0 Å². The number of methoxy groups -OCH3 is 1. The topological polar surface area (TPSA) is 72.8 Å². The first-order chi connectivity index (χ1) is 7.45. The van der Waals surface area contributed by atoms with Gasteiger partial charge in [-0.3, -0.25) is 9.59 Å². The smallest absolute Gasteiger partial charge is 0.308 e. The molecule has 1 rings (SSSR count). The van der Waals surface area contributed by atoms with Crippen molar-refractivity contribution < 1.29 is 24.2 Å². The minimum Gasteiger partial charge on any atom is -0.507 e. The lowest BCUT2D eigenvalue weighted by atomic mass is 10.1. The second kappa shape index (κ2) is 4.65. The van der Waals surface area contributed by atoms with Crippen molar-refractivity contribution in [2.24, 2.45) is 0 Å². The Kier molecular flexibility index (Phi) is 3.50. The Balaban J connectivity index is 3.34. The van der Waals surface area contributed by atoms with Crippen molar-refractivity contribution in [1.29, 1.82) is 0 Å². The molecule has 5 nitrogen and oxygen atoms in total. The fourth-order valence-electron chi connectivity index (χ4n) is 1.28. The standard InChI is InChI=1S/C11H12O5/c1-6(12)11-9(14)4-8(15-3)5-10(11)16-7(2)13/h4-5,14H,1-3H3. The molecule has 0 heterocycles. The van der Waals surface area contributed by atoms with E-state index in [-0.39, 0.29) is 17.1 Å². The Morgan fingerprint density at radius 3 is 2.31 bits per heavy atom. The van der Waals surface area contributed by atoms with Crippen LogP contribution in [0.25, 0.3) is 0 Å². The van der Waals surface area contributed by atoms with Gasteiger partial charge in [-0.05, 0) is 6.92 Å². The summed E-state index contributed by atoms with van der Waals surface area (Å²) >= 11 is 0. The van der Waals surface area contributed by atoms with Crippen LogP contribution in [0, 0.1) is 0 Å². The van der Waals surface area contributed by atoms with Crippen LogP contribution < -0.4 is 9.47 Å². The van der Waals surface area contributed by atoms with Gasteiger partial charge in [0.1, 0.15) is 22.8 Å². The normalized spacial score (nSPS) is 9.69. The highest BCUT2D eigenvalue weighted by molar-refractivity contribution is 6.00.